The predicted molar refractivity (Wildman–Crippen MR) is 92.2 cm³/mol. The van der Waals surface area contributed by atoms with Gasteiger partial charge in [-0.2, -0.15) is 4.98 Å². The largest absolute Gasteiger partial charge is 0.497 e. The summed E-state index contributed by atoms with van der Waals surface area (Å²) in [6.07, 6.45) is 0. The van der Waals surface area contributed by atoms with Crippen LogP contribution in [0.4, 0.5) is 0 Å². The van der Waals surface area contributed by atoms with Gasteiger partial charge in [-0.25, -0.2) is 13.1 Å². The lowest BCUT2D eigenvalue weighted by Gasteiger charge is -2.04. The third-order valence-corrected chi connectivity index (χ3v) is 4.76. The lowest BCUT2D eigenvalue weighted by Crippen LogP contribution is -2.24. The highest BCUT2D eigenvalue weighted by atomic mass is 32.2. The zero-order valence-electron chi connectivity index (χ0n) is 13.5. The molecule has 0 unspecified atom stereocenters. The minimum atomic E-state index is -3.49. The maximum Gasteiger partial charge on any atom is 0.242 e. The van der Waals surface area contributed by atoms with Crippen LogP contribution in [0.25, 0.3) is 11.4 Å². The van der Waals surface area contributed by atoms with Crippen LogP contribution in [-0.4, -0.2) is 25.7 Å². The number of methoxy groups -OCH3 is 1. The highest BCUT2D eigenvalue weighted by Crippen LogP contribution is 2.19. The summed E-state index contributed by atoms with van der Waals surface area (Å²) in [4.78, 5) is 4.20. The second-order valence-electron chi connectivity index (χ2n) is 5.31. The smallest absolute Gasteiger partial charge is 0.242 e. The Morgan fingerprint density at radius 3 is 2.48 bits per heavy atom. The summed E-state index contributed by atoms with van der Waals surface area (Å²) in [6.45, 7) is -0.0572. The van der Waals surface area contributed by atoms with Crippen LogP contribution < -0.4 is 9.46 Å². The Balaban J connectivity index is 1.63. The van der Waals surface area contributed by atoms with Gasteiger partial charge in [0.1, 0.15) is 5.75 Å². The molecule has 0 saturated heterocycles. The van der Waals surface area contributed by atoms with Crippen LogP contribution in [0.2, 0.25) is 0 Å². The highest BCUT2D eigenvalue weighted by Gasteiger charge is 2.14. The number of rotatable bonds is 7. The van der Waals surface area contributed by atoms with Crippen LogP contribution in [0.15, 0.2) is 59.1 Å². The Morgan fingerprint density at radius 2 is 1.80 bits per heavy atom. The first kappa shape index (κ1) is 17.1. The Kier molecular flexibility index (Phi) is 5.11. The van der Waals surface area contributed by atoms with E-state index < -0.39 is 10.0 Å². The quantitative estimate of drug-likeness (QED) is 0.696. The average molecular weight is 359 g/mol. The summed E-state index contributed by atoms with van der Waals surface area (Å²) < 4.78 is 36.9. The van der Waals surface area contributed by atoms with Gasteiger partial charge in [-0.15, -0.1) is 0 Å². The van der Waals surface area contributed by atoms with Crippen LogP contribution in [0.1, 0.15) is 11.5 Å². The van der Waals surface area contributed by atoms with E-state index >= 15 is 0 Å². The van der Waals surface area contributed by atoms with E-state index in [2.05, 4.69) is 14.9 Å². The number of nitrogens with one attached hydrogen (secondary N) is 1. The first-order valence-corrected chi connectivity index (χ1v) is 9.19. The van der Waals surface area contributed by atoms with E-state index in [0.29, 0.717) is 11.4 Å². The molecule has 0 fully saturated rings. The van der Waals surface area contributed by atoms with Gasteiger partial charge in [0.05, 0.1) is 19.4 Å². The molecule has 1 N–H and O–H groups in total. The molecule has 2 aromatic carbocycles. The van der Waals surface area contributed by atoms with Crippen LogP contribution in [0, 0.1) is 0 Å². The van der Waals surface area contributed by atoms with Crippen molar-refractivity contribution < 1.29 is 17.7 Å². The van der Waals surface area contributed by atoms with E-state index in [1.54, 1.807) is 55.6 Å². The fraction of sp³-hybridized carbons (Fsp3) is 0.176. The van der Waals surface area contributed by atoms with Gasteiger partial charge in [0.25, 0.3) is 0 Å². The van der Waals surface area contributed by atoms with Crippen molar-refractivity contribution in [2.45, 2.75) is 12.3 Å². The lowest BCUT2D eigenvalue weighted by atomic mass is 10.2. The van der Waals surface area contributed by atoms with Gasteiger partial charge in [-0.1, -0.05) is 35.5 Å². The average Bonchev–Trinajstić information content (AvgIpc) is 3.10. The van der Waals surface area contributed by atoms with E-state index in [1.807, 2.05) is 6.07 Å². The van der Waals surface area contributed by atoms with E-state index in [0.717, 1.165) is 11.3 Å². The zero-order valence-corrected chi connectivity index (χ0v) is 14.4. The van der Waals surface area contributed by atoms with Gasteiger partial charge in [0, 0.05) is 5.56 Å². The molecule has 130 valence electrons. The molecule has 1 aromatic heterocycles. The Morgan fingerprint density at radius 1 is 1.08 bits per heavy atom. The van der Waals surface area contributed by atoms with Gasteiger partial charge < -0.3 is 9.26 Å². The van der Waals surface area contributed by atoms with E-state index in [4.69, 9.17) is 9.26 Å². The lowest BCUT2D eigenvalue weighted by molar-refractivity contribution is 0.376. The normalized spacial score (nSPS) is 11.4. The number of nitrogens with zero attached hydrogens (tertiary/aromatic N) is 2. The standard InChI is InChI=1S/C17H17N3O4S/c1-23-15-9-7-14(8-10-15)17-19-16(24-20-17)11-18-25(21,22)12-13-5-3-2-4-6-13/h2-10,18H,11-12H2,1H3. The molecule has 0 saturated carbocycles. The van der Waals surface area contributed by atoms with Crippen molar-refractivity contribution in [3.63, 3.8) is 0 Å². The van der Waals surface area contributed by atoms with Crippen LogP contribution >= 0.6 is 0 Å². The number of sulfonamides is 1. The molecular weight excluding hydrogens is 342 g/mol. The van der Waals surface area contributed by atoms with Crippen molar-refractivity contribution >= 4 is 10.0 Å². The summed E-state index contributed by atoms with van der Waals surface area (Å²) in [6, 6.07) is 16.1. The maximum absolute atomic E-state index is 12.1. The van der Waals surface area contributed by atoms with Crippen LogP contribution in [0.3, 0.4) is 0 Å². The molecule has 0 bridgehead atoms. The molecule has 0 aliphatic heterocycles. The second-order valence-corrected chi connectivity index (χ2v) is 7.11. The monoisotopic (exact) mass is 359 g/mol. The molecule has 0 amide bonds. The van der Waals surface area contributed by atoms with Crippen molar-refractivity contribution in [1.82, 2.24) is 14.9 Å². The predicted octanol–water partition coefficient (Wildman–Crippen LogP) is 2.36. The fourth-order valence-corrected chi connectivity index (χ4v) is 3.28. The minimum absolute atomic E-state index is 0.0572. The Bertz CT molecular complexity index is 922. The molecule has 25 heavy (non-hydrogen) atoms. The molecule has 0 atom stereocenters. The number of aromatic nitrogens is 2. The van der Waals surface area contributed by atoms with E-state index in [-0.39, 0.29) is 18.2 Å². The van der Waals surface area contributed by atoms with Crippen LogP contribution in [0.5, 0.6) is 5.75 Å². The Labute approximate surface area is 145 Å². The summed E-state index contributed by atoms with van der Waals surface area (Å²) >= 11 is 0. The molecule has 7 nitrogen and oxygen atoms in total. The second kappa shape index (κ2) is 7.45. The topological polar surface area (TPSA) is 94.3 Å². The minimum Gasteiger partial charge on any atom is -0.497 e. The van der Waals surface area contributed by atoms with Crippen molar-refractivity contribution in [2.75, 3.05) is 7.11 Å². The van der Waals surface area contributed by atoms with Gasteiger partial charge in [-0.3, -0.25) is 0 Å². The first-order chi connectivity index (χ1) is 12.1. The summed E-state index contributed by atoms with van der Waals surface area (Å²) in [5.41, 5.74) is 1.46. The fourth-order valence-electron chi connectivity index (χ4n) is 2.20. The van der Waals surface area contributed by atoms with Gasteiger partial charge >= 0.3 is 0 Å². The number of hydrogen-bond acceptors (Lipinski definition) is 6. The number of benzene rings is 2. The van der Waals surface area contributed by atoms with Crippen molar-refractivity contribution in [1.29, 1.82) is 0 Å². The molecule has 8 heteroatoms. The molecule has 3 rings (SSSR count). The van der Waals surface area contributed by atoms with Gasteiger partial charge in [0.15, 0.2) is 0 Å². The number of ether oxygens (including phenoxy) is 1. The van der Waals surface area contributed by atoms with E-state index in [1.165, 1.54) is 0 Å². The molecular formula is C17H17N3O4S. The molecule has 1 heterocycles. The third kappa shape index (κ3) is 4.65. The molecule has 0 spiro atoms. The van der Waals surface area contributed by atoms with Crippen LogP contribution in [-0.2, 0) is 22.3 Å². The van der Waals surface area contributed by atoms with Crippen molar-refractivity contribution in [2.24, 2.45) is 0 Å². The molecule has 0 aliphatic rings. The SMILES string of the molecule is COc1ccc(-c2noc(CNS(=O)(=O)Cc3ccccc3)n2)cc1. The summed E-state index contributed by atoms with van der Waals surface area (Å²) in [7, 11) is -1.91. The highest BCUT2D eigenvalue weighted by molar-refractivity contribution is 7.88. The number of hydrogen-bond donors (Lipinski definition) is 1. The van der Waals surface area contributed by atoms with E-state index in [9.17, 15) is 8.42 Å². The maximum atomic E-state index is 12.1. The van der Waals surface area contributed by atoms with Gasteiger partial charge in [-0.05, 0) is 29.8 Å². The third-order valence-electron chi connectivity index (χ3n) is 3.46. The first-order valence-electron chi connectivity index (χ1n) is 7.54. The molecule has 3 aromatic rings. The zero-order chi connectivity index (χ0) is 17.7. The van der Waals surface area contributed by atoms with Gasteiger partial charge in [0.2, 0.25) is 21.7 Å². The summed E-state index contributed by atoms with van der Waals surface area (Å²) in [5, 5.41) is 3.86. The van der Waals surface area contributed by atoms with Crippen molar-refractivity contribution in [3.05, 3.63) is 66.1 Å². The summed E-state index contributed by atoms with van der Waals surface area (Å²) in [5.74, 6) is 1.20. The Hall–Kier alpha value is -2.71. The molecule has 0 aliphatic carbocycles. The molecule has 0 radical (unpaired) electrons. The van der Waals surface area contributed by atoms with Crippen molar-refractivity contribution in [3.8, 4) is 17.1 Å².